The number of hydrogen-bond donors (Lipinski definition) is 0. The fourth-order valence-electron chi connectivity index (χ4n) is 2.28. The third-order valence-corrected chi connectivity index (χ3v) is 3.59. The van der Waals surface area contributed by atoms with Crippen molar-refractivity contribution in [3.63, 3.8) is 0 Å². The molecule has 1 aromatic heterocycles. The molecule has 4 heteroatoms. The maximum absolute atomic E-state index is 11.6. The Kier molecular flexibility index (Phi) is 9.92. The molecule has 1 heterocycles. The average Bonchev–Trinajstić information content (AvgIpc) is 2.54. The minimum absolute atomic E-state index is 0.307. The fourth-order valence-corrected chi connectivity index (χ4v) is 2.28. The van der Waals surface area contributed by atoms with Gasteiger partial charge in [-0.2, -0.15) is 0 Å². The zero-order valence-electron chi connectivity index (χ0n) is 13.6. The van der Waals surface area contributed by atoms with Crippen LogP contribution in [0, 0.1) is 0 Å². The van der Waals surface area contributed by atoms with Crippen molar-refractivity contribution in [2.75, 3.05) is 0 Å². The zero-order valence-corrected chi connectivity index (χ0v) is 13.6. The van der Waals surface area contributed by atoms with E-state index in [-0.39, 0.29) is 0 Å². The van der Waals surface area contributed by atoms with Gasteiger partial charge in [-0.3, -0.25) is 9.78 Å². The van der Waals surface area contributed by atoms with E-state index >= 15 is 0 Å². The first kappa shape index (κ1) is 18.3. The molecule has 0 saturated carbocycles. The molecule has 0 bridgehead atoms. The molecule has 0 saturated heterocycles. The number of unbranched alkanes of at least 4 members (excludes halogenated alkanes) is 8. The molecule has 1 rings (SSSR count). The maximum atomic E-state index is 11.6. The van der Waals surface area contributed by atoms with E-state index in [2.05, 4.69) is 11.9 Å². The smallest absolute Gasteiger partial charge is 0.347 e. The number of carbonyl (C=O) groups is 2. The van der Waals surface area contributed by atoms with Crippen molar-refractivity contribution in [2.24, 2.45) is 0 Å². The molecule has 0 aliphatic rings. The first-order valence-corrected chi connectivity index (χ1v) is 8.39. The predicted molar refractivity (Wildman–Crippen MR) is 86.5 cm³/mol. The normalized spacial score (nSPS) is 10.4. The van der Waals surface area contributed by atoms with Crippen LogP contribution in [0.25, 0.3) is 0 Å². The number of hydrogen-bond acceptors (Lipinski definition) is 4. The van der Waals surface area contributed by atoms with E-state index in [4.69, 9.17) is 4.74 Å². The lowest BCUT2D eigenvalue weighted by molar-refractivity contribution is -0.138. The molecular weight excluding hydrogens is 278 g/mol. The first-order chi connectivity index (χ1) is 10.7. The van der Waals surface area contributed by atoms with Crippen molar-refractivity contribution in [1.82, 2.24) is 4.98 Å². The largest absolute Gasteiger partial charge is 0.389 e. The summed E-state index contributed by atoms with van der Waals surface area (Å²) in [5.41, 5.74) is 0.308. The average molecular weight is 305 g/mol. The number of rotatable bonds is 11. The minimum atomic E-state index is -0.617. The summed E-state index contributed by atoms with van der Waals surface area (Å²) in [5, 5.41) is 0. The molecule has 0 radical (unpaired) electrons. The lowest BCUT2D eigenvalue weighted by Gasteiger charge is -2.03. The molecule has 0 aromatic carbocycles. The van der Waals surface area contributed by atoms with Crippen LogP contribution in [0.4, 0.5) is 0 Å². The Morgan fingerprint density at radius 2 is 1.64 bits per heavy atom. The van der Waals surface area contributed by atoms with Crippen LogP contribution in [0.2, 0.25) is 0 Å². The van der Waals surface area contributed by atoms with Crippen LogP contribution in [0.5, 0.6) is 0 Å². The van der Waals surface area contributed by atoms with E-state index in [1.807, 2.05) is 0 Å². The standard InChI is InChI=1S/C18H27NO3/c1-2-3-4-5-6-7-8-9-10-13-17(20)22-18(21)16-12-11-14-19-15-16/h11-12,14-15H,2-10,13H2,1H3. The molecule has 0 spiro atoms. The molecule has 0 atom stereocenters. The lowest BCUT2D eigenvalue weighted by Crippen LogP contribution is -2.12. The SMILES string of the molecule is CCCCCCCCCCCC(=O)OC(=O)c1cccnc1. The summed E-state index contributed by atoms with van der Waals surface area (Å²) in [7, 11) is 0. The van der Waals surface area contributed by atoms with Gasteiger partial charge in [0.05, 0.1) is 5.56 Å². The Balaban J connectivity index is 2.01. The van der Waals surface area contributed by atoms with Gasteiger partial charge in [-0.15, -0.1) is 0 Å². The number of pyridine rings is 1. The third-order valence-electron chi connectivity index (χ3n) is 3.59. The summed E-state index contributed by atoms with van der Waals surface area (Å²) in [6, 6.07) is 3.22. The summed E-state index contributed by atoms with van der Waals surface area (Å²) in [5.74, 6) is -1.06. The topological polar surface area (TPSA) is 56.3 Å². The fraction of sp³-hybridized carbons (Fsp3) is 0.611. The van der Waals surface area contributed by atoms with Crippen molar-refractivity contribution >= 4 is 11.9 Å². The highest BCUT2D eigenvalue weighted by Gasteiger charge is 2.12. The van der Waals surface area contributed by atoms with E-state index in [1.54, 1.807) is 18.3 Å². The van der Waals surface area contributed by atoms with Gasteiger partial charge in [-0.1, -0.05) is 58.3 Å². The molecule has 0 fully saturated rings. The second-order valence-electron chi connectivity index (χ2n) is 5.58. The van der Waals surface area contributed by atoms with Crippen LogP contribution in [0.3, 0.4) is 0 Å². The molecule has 0 aliphatic carbocycles. The van der Waals surface area contributed by atoms with Gasteiger partial charge in [0.15, 0.2) is 0 Å². The molecule has 0 amide bonds. The number of aromatic nitrogens is 1. The molecule has 122 valence electrons. The van der Waals surface area contributed by atoms with E-state index in [0.717, 1.165) is 19.3 Å². The minimum Gasteiger partial charge on any atom is -0.389 e. The third kappa shape index (κ3) is 8.55. The van der Waals surface area contributed by atoms with E-state index in [9.17, 15) is 9.59 Å². The first-order valence-electron chi connectivity index (χ1n) is 8.39. The molecule has 4 nitrogen and oxygen atoms in total. The van der Waals surface area contributed by atoms with Crippen LogP contribution in [-0.2, 0) is 9.53 Å². The molecule has 0 unspecified atom stereocenters. The van der Waals surface area contributed by atoms with Crippen LogP contribution < -0.4 is 0 Å². The van der Waals surface area contributed by atoms with Gasteiger partial charge in [0.1, 0.15) is 0 Å². The maximum Gasteiger partial charge on any atom is 0.347 e. The second-order valence-corrected chi connectivity index (χ2v) is 5.58. The van der Waals surface area contributed by atoms with Gasteiger partial charge in [0.25, 0.3) is 0 Å². The van der Waals surface area contributed by atoms with Gasteiger partial charge in [-0.05, 0) is 18.6 Å². The Bertz CT molecular complexity index is 431. The Labute approximate surface area is 133 Å². The highest BCUT2D eigenvalue weighted by Crippen LogP contribution is 2.11. The van der Waals surface area contributed by atoms with Gasteiger partial charge >= 0.3 is 11.9 Å². The van der Waals surface area contributed by atoms with Gasteiger partial charge < -0.3 is 4.74 Å². The molecule has 0 N–H and O–H groups in total. The summed E-state index contributed by atoms with van der Waals surface area (Å²) < 4.78 is 4.79. The predicted octanol–water partition coefficient (Wildman–Crippen LogP) is 4.69. The zero-order chi connectivity index (χ0) is 16.0. The van der Waals surface area contributed by atoms with Crippen LogP contribution in [-0.4, -0.2) is 16.9 Å². The van der Waals surface area contributed by atoms with E-state index in [1.165, 1.54) is 44.7 Å². The van der Waals surface area contributed by atoms with Crippen molar-refractivity contribution < 1.29 is 14.3 Å². The van der Waals surface area contributed by atoms with Gasteiger partial charge in [0.2, 0.25) is 0 Å². The van der Waals surface area contributed by atoms with Crippen LogP contribution in [0.15, 0.2) is 24.5 Å². The van der Waals surface area contributed by atoms with Crippen molar-refractivity contribution in [3.05, 3.63) is 30.1 Å². The number of carbonyl (C=O) groups excluding carboxylic acids is 2. The number of esters is 2. The summed E-state index contributed by atoms with van der Waals surface area (Å²) in [6.45, 7) is 2.22. The van der Waals surface area contributed by atoms with Gasteiger partial charge in [-0.25, -0.2) is 4.79 Å². The van der Waals surface area contributed by atoms with Crippen LogP contribution in [0.1, 0.15) is 81.5 Å². The molecule has 22 heavy (non-hydrogen) atoms. The quantitative estimate of drug-likeness (QED) is 0.338. The Morgan fingerprint density at radius 3 is 2.23 bits per heavy atom. The highest BCUT2D eigenvalue weighted by atomic mass is 16.6. The van der Waals surface area contributed by atoms with Crippen molar-refractivity contribution in [3.8, 4) is 0 Å². The highest BCUT2D eigenvalue weighted by molar-refractivity contribution is 5.96. The van der Waals surface area contributed by atoms with Gasteiger partial charge in [0, 0.05) is 18.8 Å². The van der Waals surface area contributed by atoms with E-state index < -0.39 is 11.9 Å². The summed E-state index contributed by atoms with van der Waals surface area (Å²) in [4.78, 5) is 27.0. The monoisotopic (exact) mass is 305 g/mol. The van der Waals surface area contributed by atoms with Crippen LogP contribution >= 0.6 is 0 Å². The summed E-state index contributed by atoms with van der Waals surface area (Å²) in [6.07, 6.45) is 14.0. The number of ether oxygens (including phenoxy) is 1. The van der Waals surface area contributed by atoms with Crippen molar-refractivity contribution in [1.29, 1.82) is 0 Å². The lowest BCUT2D eigenvalue weighted by atomic mass is 10.1. The number of nitrogens with zero attached hydrogens (tertiary/aromatic N) is 1. The Morgan fingerprint density at radius 1 is 1.00 bits per heavy atom. The van der Waals surface area contributed by atoms with Crippen molar-refractivity contribution in [2.45, 2.75) is 71.1 Å². The molecule has 0 aliphatic heterocycles. The Hall–Kier alpha value is -1.71. The second kappa shape index (κ2) is 11.9. The molecule has 1 aromatic rings. The summed E-state index contributed by atoms with van der Waals surface area (Å²) >= 11 is 0. The molecular formula is C18H27NO3. The van der Waals surface area contributed by atoms with E-state index in [0.29, 0.717) is 12.0 Å².